The van der Waals surface area contributed by atoms with Crippen molar-refractivity contribution in [1.29, 1.82) is 0 Å². The Balaban J connectivity index is 2.09. The molecule has 1 saturated heterocycles. The molecular weight excluding hydrogens is 258 g/mol. The van der Waals surface area contributed by atoms with Gasteiger partial charge >= 0.3 is 0 Å². The van der Waals surface area contributed by atoms with Gasteiger partial charge in [-0.1, -0.05) is 6.92 Å². The number of aryl methyl sites for hydroxylation is 1. The van der Waals surface area contributed by atoms with E-state index in [2.05, 4.69) is 29.4 Å². The molecule has 0 unspecified atom stereocenters. The summed E-state index contributed by atoms with van der Waals surface area (Å²) in [4.78, 5) is 7.24. The molecule has 1 aromatic rings. The van der Waals surface area contributed by atoms with Crippen LogP contribution in [-0.2, 0) is 10.3 Å². The van der Waals surface area contributed by atoms with Crippen molar-refractivity contribution >= 4 is 11.3 Å². The molecule has 2 heterocycles. The first-order chi connectivity index (χ1) is 9.20. The van der Waals surface area contributed by atoms with Crippen molar-refractivity contribution < 1.29 is 4.74 Å². The van der Waals surface area contributed by atoms with E-state index in [4.69, 9.17) is 9.72 Å². The zero-order valence-corrected chi connectivity index (χ0v) is 13.1. The third kappa shape index (κ3) is 3.54. The molecule has 1 fully saturated rings. The molecule has 1 aromatic heterocycles. The molecule has 0 amide bonds. The van der Waals surface area contributed by atoms with Gasteiger partial charge in [0, 0.05) is 37.8 Å². The summed E-state index contributed by atoms with van der Waals surface area (Å²) in [5, 5.41) is 7.11. The van der Waals surface area contributed by atoms with Gasteiger partial charge in [-0.25, -0.2) is 4.98 Å². The molecule has 4 nitrogen and oxygen atoms in total. The Morgan fingerprint density at radius 2 is 2.21 bits per heavy atom. The van der Waals surface area contributed by atoms with Crippen molar-refractivity contribution in [2.24, 2.45) is 0 Å². The van der Waals surface area contributed by atoms with Crippen molar-refractivity contribution in [2.75, 3.05) is 39.9 Å². The van der Waals surface area contributed by atoms with Crippen LogP contribution in [0, 0.1) is 6.92 Å². The third-order valence-corrected chi connectivity index (χ3v) is 5.12. The van der Waals surface area contributed by atoms with Crippen LogP contribution < -0.4 is 5.32 Å². The zero-order chi connectivity index (χ0) is 13.7. The quantitative estimate of drug-likeness (QED) is 0.810. The minimum atomic E-state index is 0.0587. The molecule has 0 saturated carbocycles. The molecule has 1 aliphatic heterocycles. The molecule has 0 aromatic carbocycles. The van der Waals surface area contributed by atoms with E-state index in [9.17, 15) is 0 Å². The highest BCUT2D eigenvalue weighted by molar-refractivity contribution is 7.09. The number of piperidine rings is 1. The fraction of sp³-hybridized carbons (Fsp3) is 0.786. The van der Waals surface area contributed by atoms with Crippen LogP contribution in [0.3, 0.4) is 0 Å². The number of thiazole rings is 1. The van der Waals surface area contributed by atoms with Crippen LogP contribution in [0.25, 0.3) is 0 Å². The van der Waals surface area contributed by atoms with Gasteiger partial charge in [0.05, 0.1) is 12.1 Å². The Labute approximate surface area is 120 Å². The number of nitrogens with one attached hydrogen (secondary N) is 1. The van der Waals surface area contributed by atoms with Crippen molar-refractivity contribution in [2.45, 2.75) is 32.2 Å². The van der Waals surface area contributed by atoms with E-state index < -0.39 is 0 Å². The Hall–Kier alpha value is -0.490. The Morgan fingerprint density at radius 3 is 2.74 bits per heavy atom. The molecule has 0 radical (unpaired) electrons. The van der Waals surface area contributed by atoms with Gasteiger partial charge in [-0.05, 0) is 26.3 Å². The van der Waals surface area contributed by atoms with Gasteiger partial charge in [-0.15, -0.1) is 11.3 Å². The third-order valence-electron chi connectivity index (χ3n) is 3.95. The van der Waals surface area contributed by atoms with Gasteiger partial charge in [0.15, 0.2) is 0 Å². The van der Waals surface area contributed by atoms with Crippen molar-refractivity contribution in [3.8, 4) is 0 Å². The number of ether oxygens (including phenoxy) is 1. The minimum Gasteiger partial charge on any atom is -0.383 e. The summed E-state index contributed by atoms with van der Waals surface area (Å²) in [6.07, 6.45) is 2.27. The number of aromatic nitrogens is 1. The van der Waals surface area contributed by atoms with Gasteiger partial charge in [0.1, 0.15) is 5.01 Å². The molecule has 108 valence electrons. The summed E-state index contributed by atoms with van der Waals surface area (Å²) >= 11 is 1.79. The topological polar surface area (TPSA) is 37.4 Å². The summed E-state index contributed by atoms with van der Waals surface area (Å²) in [5.74, 6) is 0. The van der Waals surface area contributed by atoms with Gasteiger partial charge < -0.3 is 15.0 Å². The average Bonchev–Trinajstić information content (AvgIpc) is 2.87. The largest absolute Gasteiger partial charge is 0.383 e. The SMILES string of the molecule is CCN1CCC(NCCOC)(c2nc(C)cs2)CC1. The standard InChI is InChI=1S/C14H25N3OS/c1-4-17-8-5-14(6-9-17,15-7-10-18-3)13-16-12(2)11-19-13/h11,15H,4-10H2,1-3H3. The lowest BCUT2D eigenvalue weighted by molar-refractivity contribution is 0.123. The van der Waals surface area contributed by atoms with E-state index in [0.717, 1.165) is 51.3 Å². The fourth-order valence-corrected chi connectivity index (χ4v) is 3.72. The average molecular weight is 283 g/mol. The molecule has 0 bridgehead atoms. The van der Waals surface area contributed by atoms with Crippen molar-refractivity contribution in [3.63, 3.8) is 0 Å². The predicted octanol–water partition coefficient (Wildman–Crippen LogP) is 2.00. The van der Waals surface area contributed by atoms with Crippen LogP contribution in [-0.4, -0.2) is 49.8 Å². The predicted molar refractivity (Wildman–Crippen MR) is 79.8 cm³/mol. The maximum absolute atomic E-state index is 5.17. The summed E-state index contributed by atoms with van der Waals surface area (Å²) < 4.78 is 5.17. The Bertz CT molecular complexity index is 380. The molecular formula is C14H25N3OS. The lowest BCUT2D eigenvalue weighted by Crippen LogP contribution is -2.51. The van der Waals surface area contributed by atoms with E-state index in [-0.39, 0.29) is 5.54 Å². The number of rotatable bonds is 6. The van der Waals surface area contributed by atoms with E-state index in [0.29, 0.717) is 0 Å². The summed E-state index contributed by atoms with van der Waals surface area (Å²) in [5.41, 5.74) is 1.19. The zero-order valence-electron chi connectivity index (χ0n) is 12.2. The smallest absolute Gasteiger partial charge is 0.113 e. The molecule has 19 heavy (non-hydrogen) atoms. The molecule has 2 rings (SSSR count). The number of methoxy groups -OCH3 is 1. The van der Waals surface area contributed by atoms with Crippen LogP contribution in [0.1, 0.15) is 30.5 Å². The molecule has 1 aliphatic rings. The monoisotopic (exact) mass is 283 g/mol. The van der Waals surface area contributed by atoms with Crippen molar-refractivity contribution in [3.05, 3.63) is 16.1 Å². The highest BCUT2D eigenvalue weighted by Gasteiger charge is 2.37. The van der Waals surface area contributed by atoms with Crippen molar-refractivity contribution in [1.82, 2.24) is 15.2 Å². The lowest BCUT2D eigenvalue weighted by atomic mass is 9.88. The van der Waals surface area contributed by atoms with Gasteiger partial charge in [-0.3, -0.25) is 0 Å². The molecule has 5 heteroatoms. The summed E-state index contributed by atoms with van der Waals surface area (Å²) in [6, 6.07) is 0. The first kappa shape index (κ1) is 14.9. The van der Waals surface area contributed by atoms with Crippen LogP contribution in [0.5, 0.6) is 0 Å². The van der Waals surface area contributed by atoms with Gasteiger partial charge in [0.2, 0.25) is 0 Å². The second-order valence-electron chi connectivity index (χ2n) is 5.23. The molecule has 0 atom stereocenters. The number of nitrogens with zero attached hydrogens (tertiary/aromatic N) is 2. The molecule has 1 N–H and O–H groups in total. The maximum atomic E-state index is 5.17. The minimum absolute atomic E-state index is 0.0587. The van der Waals surface area contributed by atoms with Crippen LogP contribution in [0.15, 0.2) is 5.38 Å². The van der Waals surface area contributed by atoms with Gasteiger partial charge in [-0.2, -0.15) is 0 Å². The van der Waals surface area contributed by atoms with E-state index in [1.54, 1.807) is 18.4 Å². The van der Waals surface area contributed by atoms with E-state index in [1.165, 1.54) is 5.01 Å². The van der Waals surface area contributed by atoms with E-state index >= 15 is 0 Å². The number of likely N-dealkylation sites (tertiary alicyclic amines) is 1. The number of hydrogen-bond donors (Lipinski definition) is 1. The first-order valence-electron chi connectivity index (χ1n) is 7.09. The highest BCUT2D eigenvalue weighted by atomic mass is 32.1. The fourth-order valence-electron chi connectivity index (χ4n) is 2.68. The van der Waals surface area contributed by atoms with E-state index in [1.807, 2.05) is 0 Å². The molecule has 0 aliphatic carbocycles. The maximum Gasteiger partial charge on any atom is 0.113 e. The van der Waals surface area contributed by atoms with Gasteiger partial charge in [0.25, 0.3) is 0 Å². The molecule has 0 spiro atoms. The van der Waals surface area contributed by atoms with Crippen LogP contribution >= 0.6 is 11.3 Å². The Morgan fingerprint density at radius 1 is 1.47 bits per heavy atom. The summed E-state index contributed by atoms with van der Waals surface area (Å²) in [6.45, 7) is 9.39. The number of hydrogen-bond acceptors (Lipinski definition) is 5. The second-order valence-corrected chi connectivity index (χ2v) is 6.09. The highest BCUT2D eigenvalue weighted by Crippen LogP contribution is 2.34. The lowest BCUT2D eigenvalue weighted by Gasteiger charge is -2.41. The second kappa shape index (κ2) is 6.79. The summed E-state index contributed by atoms with van der Waals surface area (Å²) in [7, 11) is 1.75. The van der Waals surface area contributed by atoms with Crippen LogP contribution in [0.4, 0.5) is 0 Å². The Kier molecular flexibility index (Phi) is 5.33. The van der Waals surface area contributed by atoms with Crippen LogP contribution in [0.2, 0.25) is 0 Å². The normalized spacial score (nSPS) is 19.7. The first-order valence-corrected chi connectivity index (χ1v) is 7.97.